The molecule has 0 radical (unpaired) electrons. The lowest BCUT2D eigenvalue weighted by molar-refractivity contribution is -0.116. The van der Waals surface area contributed by atoms with E-state index >= 15 is 0 Å². The molecule has 0 saturated carbocycles. The molecule has 1 heterocycles. The first-order chi connectivity index (χ1) is 11.3. The van der Waals surface area contributed by atoms with Crippen LogP contribution in [0.3, 0.4) is 0 Å². The number of aryl methyl sites for hydroxylation is 1. The number of benzene rings is 2. The number of amides is 1. The van der Waals surface area contributed by atoms with Gasteiger partial charge >= 0.3 is 0 Å². The minimum Gasteiger partial charge on any atom is -0.312 e. The summed E-state index contributed by atoms with van der Waals surface area (Å²) in [5.41, 5.74) is 4.20. The van der Waals surface area contributed by atoms with Crippen LogP contribution in [0.2, 0.25) is 0 Å². The van der Waals surface area contributed by atoms with Crippen molar-refractivity contribution in [3.63, 3.8) is 0 Å². The lowest BCUT2D eigenvalue weighted by Crippen LogP contribution is -2.25. The largest absolute Gasteiger partial charge is 0.312 e. The Morgan fingerprint density at radius 1 is 1.17 bits per heavy atom. The highest BCUT2D eigenvalue weighted by Crippen LogP contribution is 2.31. The van der Waals surface area contributed by atoms with Gasteiger partial charge in [0.05, 0.1) is 10.6 Å². The fraction of sp³-hybridized carbons (Fsp3) is 0.278. The van der Waals surface area contributed by atoms with Crippen LogP contribution in [0.1, 0.15) is 23.6 Å². The van der Waals surface area contributed by atoms with Crippen molar-refractivity contribution in [1.29, 1.82) is 0 Å². The van der Waals surface area contributed by atoms with Gasteiger partial charge in [0.2, 0.25) is 5.91 Å². The highest BCUT2D eigenvalue weighted by atomic mass is 32.2. The van der Waals surface area contributed by atoms with Crippen LogP contribution in [-0.2, 0) is 21.2 Å². The molecule has 0 spiro atoms. The molecule has 1 N–H and O–H groups in total. The van der Waals surface area contributed by atoms with Crippen LogP contribution in [0.4, 0.5) is 11.4 Å². The average Bonchev–Trinajstić information content (AvgIpc) is 2.95. The predicted molar refractivity (Wildman–Crippen MR) is 94.9 cm³/mol. The van der Waals surface area contributed by atoms with Gasteiger partial charge in [0.15, 0.2) is 0 Å². The summed E-state index contributed by atoms with van der Waals surface area (Å²) in [7, 11) is -3.67. The third-order valence-corrected chi connectivity index (χ3v) is 5.85. The Bertz CT molecular complexity index is 920. The zero-order valence-corrected chi connectivity index (χ0v) is 14.8. The maximum atomic E-state index is 12.7. The summed E-state index contributed by atoms with van der Waals surface area (Å²) in [6, 6.07) is 10.4. The van der Waals surface area contributed by atoms with Crippen LogP contribution in [-0.4, -0.2) is 20.9 Å². The fourth-order valence-corrected chi connectivity index (χ4v) is 4.11. The summed E-state index contributed by atoms with van der Waals surface area (Å²) in [5.74, 6) is -0.0298. The van der Waals surface area contributed by atoms with Gasteiger partial charge in [-0.2, -0.15) is 0 Å². The van der Waals surface area contributed by atoms with Crippen molar-refractivity contribution in [1.82, 2.24) is 0 Å². The third-order valence-electron chi connectivity index (χ3n) is 4.49. The van der Waals surface area contributed by atoms with Crippen LogP contribution < -0.4 is 9.62 Å². The first-order valence-electron chi connectivity index (χ1n) is 7.79. The van der Waals surface area contributed by atoms with Crippen molar-refractivity contribution >= 4 is 27.3 Å². The molecule has 0 unspecified atom stereocenters. The van der Waals surface area contributed by atoms with E-state index in [1.54, 1.807) is 29.2 Å². The van der Waals surface area contributed by atoms with E-state index in [-0.39, 0.29) is 10.8 Å². The second kappa shape index (κ2) is 5.94. The number of sulfonamides is 1. The minimum atomic E-state index is -3.67. The number of carbonyl (C=O) groups is 1. The second-order valence-electron chi connectivity index (χ2n) is 6.06. The molecule has 1 aliphatic heterocycles. The zero-order valence-electron chi connectivity index (χ0n) is 14.0. The molecule has 0 aliphatic carbocycles. The van der Waals surface area contributed by atoms with Gasteiger partial charge in [-0.1, -0.05) is 12.1 Å². The van der Waals surface area contributed by atoms with Crippen LogP contribution in [0, 0.1) is 13.8 Å². The van der Waals surface area contributed by atoms with E-state index in [0.717, 1.165) is 22.4 Å². The molecule has 1 aliphatic rings. The smallest absolute Gasteiger partial charge is 0.261 e. The van der Waals surface area contributed by atoms with Crippen molar-refractivity contribution < 1.29 is 13.2 Å². The number of hydrogen-bond acceptors (Lipinski definition) is 3. The maximum Gasteiger partial charge on any atom is 0.261 e. The molecule has 0 atom stereocenters. The molecular weight excluding hydrogens is 324 g/mol. The summed E-state index contributed by atoms with van der Waals surface area (Å²) >= 11 is 0. The fourth-order valence-electron chi connectivity index (χ4n) is 2.94. The molecule has 24 heavy (non-hydrogen) atoms. The topological polar surface area (TPSA) is 66.5 Å². The van der Waals surface area contributed by atoms with Crippen molar-refractivity contribution in [3.8, 4) is 0 Å². The molecule has 6 heteroatoms. The first-order valence-corrected chi connectivity index (χ1v) is 9.28. The zero-order chi connectivity index (χ0) is 17.5. The summed E-state index contributed by atoms with van der Waals surface area (Å²) < 4.78 is 28.0. The monoisotopic (exact) mass is 344 g/mol. The van der Waals surface area contributed by atoms with Gasteiger partial charge in [-0.05, 0) is 61.2 Å². The molecule has 0 bridgehead atoms. The highest BCUT2D eigenvalue weighted by Gasteiger charge is 2.25. The van der Waals surface area contributed by atoms with Gasteiger partial charge in [-0.25, -0.2) is 8.42 Å². The van der Waals surface area contributed by atoms with E-state index in [1.807, 2.05) is 26.0 Å². The number of hydrogen-bond donors (Lipinski definition) is 1. The molecule has 0 aromatic heterocycles. The Hall–Kier alpha value is -2.34. The SMILES string of the molecule is CC(=O)N1CCc2cc(S(=O)(=O)Nc3cccc(C)c3C)ccc21. The Morgan fingerprint density at radius 3 is 2.62 bits per heavy atom. The quantitative estimate of drug-likeness (QED) is 0.931. The molecular formula is C18H20N2O3S. The van der Waals surface area contributed by atoms with Gasteiger partial charge in [0.25, 0.3) is 10.0 Å². The average molecular weight is 344 g/mol. The van der Waals surface area contributed by atoms with E-state index in [1.165, 1.54) is 6.92 Å². The van der Waals surface area contributed by atoms with Crippen LogP contribution >= 0.6 is 0 Å². The standard InChI is InChI=1S/C18H20N2O3S/c1-12-5-4-6-17(13(12)2)19-24(22,23)16-7-8-18-15(11-16)9-10-20(18)14(3)21/h4-8,11,19H,9-10H2,1-3H3. The van der Waals surface area contributed by atoms with E-state index in [4.69, 9.17) is 0 Å². The third kappa shape index (κ3) is 2.89. The number of anilines is 2. The Kier molecular flexibility index (Phi) is 4.09. The molecule has 0 fully saturated rings. The van der Waals surface area contributed by atoms with E-state index in [2.05, 4.69) is 4.72 Å². The highest BCUT2D eigenvalue weighted by molar-refractivity contribution is 7.92. The number of fused-ring (bicyclic) bond motifs is 1. The molecule has 2 aromatic rings. The van der Waals surface area contributed by atoms with Gasteiger partial charge < -0.3 is 4.90 Å². The van der Waals surface area contributed by atoms with Gasteiger partial charge in [-0.15, -0.1) is 0 Å². The predicted octanol–water partition coefficient (Wildman–Crippen LogP) is 3.01. The lowest BCUT2D eigenvalue weighted by atomic mass is 10.1. The van der Waals surface area contributed by atoms with Crippen molar-refractivity contribution in [2.45, 2.75) is 32.1 Å². The van der Waals surface area contributed by atoms with Crippen LogP contribution in [0.5, 0.6) is 0 Å². The normalized spacial score (nSPS) is 13.7. The van der Waals surface area contributed by atoms with Crippen molar-refractivity contribution in [3.05, 3.63) is 53.1 Å². The lowest BCUT2D eigenvalue weighted by Gasteiger charge is -2.16. The molecule has 0 saturated heterocycles. The number of carbonyl (C=O) groups excluding carboxylic acids is 1. The summed E-state index contributed by atoms with van der Waals surface area (Å²) in [5, 5.41) is 0. The molecule has 2 aromatic carbocycles. The molecule has 1 amide bonds. The number of nitrogens with zero attached hydrogens (tertiary/aromatic N) is 1. The van der Waals surface area contributed by atoms with Crippen molar-refractivity contribution in [2.75, 3.05) is 16.2 Å². The molecule has 3 rings (SSSR count). The number of rotatable bonds is 3. The van der Waals surface area contributed by atoms with Gasteiger partial charge in [0.1, 0.15) is 0 Å². The summed E-state index contributed by atoms with van der Waals surface area (Å²) in [6.45, 7) is 5.94. The Balaban J connectivity index is 1.94. The Morgan fingerprint density at radius 2 is 1.92 bits per heavy atom. The summed E-state index contributed by atoms with van der Waals surface area (Å²) in [6.07, 6.45) is 0.668. The molecule has 5 nitrogen and oxygen atoms in total. The maximum absolute atomic E-state index is 12.7. The second-order valence-corrected chi connectivity index (χ2v) is 7.75. The van der Waals surface area contributed by atoms with Crippen molar-refractivity contribution in [2.24, 2.45) is 0 Å². The minimum absolute atomic E-state index is 0.0298. The van der Waals surface area contributed by atoms with Crippen LogP contribution in [0.25, 0.3) is 0 Å². The molecule has 126 valence electrons. The first kappa shape index (κ1) is 16.5. The Labute approximate surface area is 142 Å². The van der Waals surface area contributed by atoms with Gasteiger partial charge in [0, 0.05) is 19.2 Å². The van der Waals surface area contributed by atoms with E-state index in [0.29, 0.717) is 18.7 Å². The van der Waals surface area contributed by atoms with Crippen LogP contribution in [0.15, 0.2) is 41.3 Å². The number of nitrogens with one attached hydrogen (secondary N) is 1. The van der Waals surface area contributed by atoms with E-state index in [9.17, 15) is 13.2 Å². The van der Waals surface area contributed by atoms with E-state index < -0.39 is 10.0 Å². The summed E-state index contributed by atoms with van der Waals surface area (Å²) in [4.78, 5) is 13.5. The van der Waals surface area contributed by atoms with Gasteiger partial charge in [-0.3, -0.25) is 9.52 Å².